The van der Waals surface area contributed by atoms with E-state index in [0.717, 1.165) is 0 Å². The molecule has 1 aromatic carbocycles. The van der Waals surface area contributed by atoms with Gasteiger partial charge in [0.15, 0.2) is 25.3 Å². The van der Waals surface area contributed by atoms with E-state index in [1.165, 1.54) is 6.33 Å². The monoisotopic (exact) mass is 669 g/mol. The van der Waals surface area contributed by atoms with Gasteiger partial charge >= 0.3 is 0 Å². The van der Waals surface area contributed by atoms with Crippen LogP contribution >= 0.6 is 8.53 Å². The van der Waals surface area contributed by atoms with Gasteiger partial charge in [0.05, 0.1) is 38.1 Å². The summed E-state index contributed by atoms with van der Waals surface area (Å²) in [5, 5.41) is 12.1. The molecule has 0 bridgehead atoms. The Labute approximate surface area is 274 Å². The van der Waals surface area contributed by atoms with Crippen molar-refractivity contribution in [2.75, 3.05) is 18.5 Å². The van der Waals surface area contributed by atoms with Crippen molar-refractivity contribution in [1.29, 1.82) is 5.26 Å². The van der Waals surface area contributed by atoms with Crippen LogP contribution in [0.4, 0.5) is 5.82 Å². The molecule has 0 aliphatic carbocycles. The van der Waals surface area contributed by atoms with Crippen LogP contribution in [0.15, 0.2) is 43.0 Å². The van der Waals surface area contributed by atoms with Crippen molar-refractivity contribution >= 4 is 39.7 Å². The molecule has 0 radical (unpaired) electrons. The molecule has 0 saturated carbocycles. The molecule has 12 nitrogen and oxygen atoms in total. The highest BCUT2D eigenvalue weighted by molar-refractivity contribution is 7.44. The summed E-state index contributed by atoms with van der Waals surface area (Å²) in [7, 11) is -3.60. The van der Waals surface area contributed by atoms with E-state index in [1.54, 1.807) is 18.5 Å². The Bertz CT molecular complexity index is 1480. The van der Waals surface area contributed by atoms with Gasteiger partial charge in [-0.3, -0.25) is 9.36 Å². The third-order valence-corrected chi connectivity index (χ3v) is 15.1. The average Bonchev–Trinajstić information content (AvgIpc) is 3.60. The predicted octanol–water partition coefficient (Wildman–Crippen LogP) is 7.05. The number of carbonyl (C=O) groups is 1. The van der Waals surface area contributed by atoms with Crippen LogP contribution in [-0.2, 0) is 18.2 Å². The van der Waals surface area contributed by atoms with E-state index in [0.29, 0.717) is 35.6 Å². The zero-order valence-electron chi connectivity index (χ0n) is 28.4. The van der Waals surface area contributed by atoms with Crippen LogP contribution < -0.4 is 5.32 Å². The fraction of sp³-hybridized carbons (Fsp3) is 0.594. The van der Waals surface area contributed by atoms with Gasteiger partial charge in [-0.05, 0) is 58.0 Å². The molecule has 1 saturated heterocycles. The number of rotatable bonds is 14. The third-order valence-electron chi connectivity index (χ3n) is 8.42. The SMILES string of the molecule is CC(C)N(C(C)C)P(OCCC#N)O[C@H]1C[C@H](n2cnc3c(NC(=O)c4ccccc4)ncnc32)O[C@@H]1CO[Si](C)(C)C(C)(C)C. The van der Waals surface area contributed by atoms with Crippen LogP contribution in [0.1, 0.15) is 77.9 Å². The van der Waals surface area contributed by atoms with Crippen molar-refractivity contribution in [2.45, 2.75) is 110 Å². The summed E-state index contributed by atoms with van der Waals surface area (Å²) in [6, 6.07) is 11.4. The van der Waals surface area contributed by atoms with E-state index < -0.39 is 23.1 Å². The van der Waals surface area contributed by atoms with Crippen LogP contribution in [0.3, 0.4) is 0 Å². The Morgan fingerprint density at radius 1 is 1.17 bits per heavy atom. The molecule has 1 unspecified atom stereocenters. The molecule has 1 amide bonds. The molecule has 1 N–H and O–H groups in total. The van der Waals surface area contributed by atoms with Gasteiger partial charge in [-0.25, -0.2) is 19.6 Å². The van der Waals surface area contributed by atoms with E-state index in [-0.39, 0.29) is 48.3 Å². The number of nitrogens with one attached hydrogen (secondary N) is 1. The Balaban J connectivity index is 1.63. The molecule has 3 heterocycles. The number of benzene rings is 1. The summed E-state index contributed by atoms with van der Waals surface area (Å²) in [5.41, 5.74) is 1.51. The number of carbonyl (C=O) groups excluding carboxylic acids is 1. The number of anilines is 1. The first-order chi connectivity index (χ1) is 21.7. The lowest BCUT2D eigenvalue weighted by Gasteiger charge is -2.39. The van der Waals surface area contributed by atoms with Crippen LogP contribution in [0.25, 0.3) is 11.2 Å². The van der Waals surface area contributed by atoms with Gasteiger partial charge in [-0.1, -0.05) is 39.0 Å². The van der Waals surface area contributed by atoms with Gasteiger partial charge in [-0.2, -0.15) is 5.26 Å². The minimum atomic E-state index is -2.10. The Morgan fingerprint density at radius 2 is 1.87 bits per heavy atom. The lowest BCUT2D eigenvalue weighted by molar-refractivity contribution is -0.0384. The number of amides is 1. The maximum atomic E-state index is 12.9. The lowest BCUT2D eigenvalue weighted by atomic mass is 10.2. The van der Waals surface area contributed by atoms with Crippen LogP contribution in [0.5, 0.6) is 0 Å². The number of hydrogen-bond donors (Lipinski definition) is 1. The molecule has 1 aliphatic heterocycles. The number of fused-ring (bicyclic) bond motifs is 1. The molecule has 4 atom stereocenters. The largest absolute Gasteiger partial charge is 0.414 e. The van der Waals surface area contributed by atoms with E-state index >= 15 is 0 Å². The highest BCUT2D eigenvalue weighted by atomic mass is 31.2. The van der Waals surface area contributed by atoms with Crippen LogP contribution in [0.2, 0.25) is 18.1 Å². The van der Waals surface area contributed by atoms with Gasteiger partial charge in [0.1, 0.15) is 18.7 Å². The third kappa shape index (κ3) is 8.55. The van der Waals surface area contributed by atoms with Crippen molar-refractivity contribution in [3.05, 3.63) is 48.5 Å². The van der Waals surface area contributed by atoms with Gasteiger partial charge < -0.3 is 23.5 Å². The highest BCUT2D eigenvalue weighted by Gasteiger charge is 2.44. The maximum Gasteiger partial charge on any atom is 0.259 e. The molecule has 250 valence electrons. The summed E-state index contributed by atoms with van der Waals surface area (Å²) in [6.07, 6.45) is 2.64. The quantitative estimate of drug-likeness (QED) is 0.108. The standard InChI is InChI=1S/C32H48N7O5PSi/c1-22(2)39(23(3)4)45(41-17-13-16-33)44-25-18-27(43-26(25)19-42-46(8,9)32(5,6)7)38-21-36-28-29(34-20-35-30(28)38)37-31(40)24-14-11-10-12-15-24/h10-12,14-15,20-23,25-27H,13,17-19H2,1-9H3,(H,34,35,37,40)/t25-,26+,27+,45?/m0/s1. The average molecular weight is 670 g/mol. The second-order valence-corrected chi connectivity index (χ2v) is 19.7. The summed E-state index contributed by atoms with van der Waals surface area (Å²) >= 11 is 0. The van der Waals surface area contributed by atoms with Crippen LogP contribution in [0, 0.1) is 11.3 Å². The Morgan fingerprint density at radius 3 is 2.50 bits per heavy atom. The molecule has 1 fully saturated rings. The fourth-order valence-electron chi connectivity index (χ4n) is 4.97. The van der Waals surface area contributed by atoms with E-state index in [9.17, 15) is 10.1 Å². The van der Waals surface area contributed by atoms with Crippen LogP contribution in [-0.4, -0.2) is 75.9 Å². The van der Waals surface area contributed by atoms with Gasteiger partial charge in [0.25, 0.3) is 14.4 Å². The number of hydrogen-bond acceptors (Lipinski definition) is 10. The van der Waals surface area contributed by atoms with Crippen molar-refractivity contribution in [3.8, 4) is 6.07 Å². The molecule has 3 aromatic rings. The summed E-state index contributed by atoms with van der Waals surface area (Å²) in [6.45, 7) is 20.2. The Hall–Kier alpha value is -2.82. The molecule has 2 aromatic heterocycles. The second-order valence-electron chi connectivity index (χ2n) is 13.5. The normalized spacial score (nSPS) is 19.7. The molecule has 1 aliphatic rings. The van der Waals surface area contributed by atoms with Crippen molar-refractivity contribution in [3.63, 3.8) is 0 Å². The van der Waals surface area contributed by atoms with Gasteiger partial charge in [0.2, 0.25) is 0 Å². The van der Waals surface area contributed by atoms with E-state index in [2.05, 4.69) is 92.6 Å². The number of imidazole rings is 1. The number of ether oxygens (including phenoxy) is 1. The summed E-state index contributed by atoms with van der Waals surface area (Å²) < 4.78 is 30.5. The molecule has 14 heteroatoms. The minimum Gasteiger partial charge on any atom is -0.414 e. The van der Waals surface area contributed by atoms with Crippen molar-refractivity contribution < 1.29 is 23.0 Å². The summed E-state index contributed by atoms with van der Waals surface area (Å²) in [4.78, 5) is 26.3. The lowest BCUT2D eigenvalue weighted by Crippen LogP contribution is -2.44. The van der Waals surface area contributed by atoms with Crippen molar-refractivity contribution in [1.82, 2.24) is 24.2 Å². The topological polar surface area (TPSA) is 137 Å². The maximum absolute atomic E-state index is 12.9. The fourth-order valence-corrected chi connectivity index (χ4v) is 7.74. The zero-order valence-corrected chi connectivity index (χ0v) is 30.3. The zero-order chi connectivity index (χ0) is 33.6. The Kier molecular flexibility index (Phi) is 12.0. The van der Waals surface area contributed by atoms with E-state index in [1.807, 2.05) is 22.8 Å². The molecular formula is C32H48N7O5PSi. The minimum absolute atomic E-state index is 0.0263. The number of nitrogens with zero attached hydrogens (tertiary/aromatic N) is 6. The number of nitriles is 1. The summed E-state index contributed by atoms with van der Waals surface area (Å²) in [5.74, 6) is 0.0355. The smallest absolute Gasteiger partial charge is 0.259 e. The predicted molar refractivity (Wildman–Crippen MR) is 181 cm³/mol. The number of aromatic nitrogens is 4. The van der Waals surface area contributed by atoms with Crippen molar-refractivity contribution in [2.24, 2.45) is 0 Å². The first-order valence-corrected chi connectivity index (χ1v) is 19.9. The van der Waals surface area contributed by atoms with Gasteiger partial charge in [-0.15, -0.1) is 0 Å². The van der Waals surface area contributed by atoms with Gasteiger partial charge in [0, 0.05) is 24.1 Å². The first kappa shape index (κ1) is 36.0. The molecule has 4 rings (SSSR count). The van der Waals surface area contributed by atoms with E-state index in [4.69, 9.17) is 18.2 Å². The first-order valence-electron chi connectivity index (χ1n) is 15.8. The molecular weight excluding hydrogens is 621 g/mol. The molecule has 0 spiro atoms. The molecule has 46 heavy (non-hydrogen) atoms. The highest BCUT2D eigenvalue weighted by Crippen LogP contribution is 2.50. The second kappa shape index (κ2) is 15.4.